The summed E-state index contributed by atoms with van der Waals surface area (Å²) in [5, 5.41) is 2.82. The molecule has 1 fully saturated rings. The van der Waals surface area contributed by atoms with E-state index in [1.54, 1.807) is 4.90 Å². The Morgan fingerprint density at radius 2 is 1.79 bits per heavy atom. The number of anilines is 1. The number of carbonyl (C=O) groups excluding carboxylic acids is 2. The van der Waals surface area contributed by atoms with Gasteiger partial charge in [-0.05, 0) is 56.2 Å². The third-order valence-corrected chi connectivity index (χ3v) is 4.57. The van der Waals surface area contributed by atoms with Crippen LogP contribution < -0.4 is 15.0 Å². The quantitative estimate of drug-likeness (QED) is 0.834. The molecule has 1 heterocycles. The third kappa shape index (κ3) is 5.33. The molecule has 0 bridgehead atoms. The van der Waals surface area contributed by atoms with E-state index in [1.807, 2.05) is 57.2 Å². The standard InChI is InChI=1S/C22H26N2O4/c1-15-4-6-19(7-5-15)27-13-21(25)23-11-20-12-24(22(26)14-28-20)18-9-16(2)8-17(3)10-18/h4-10,20H,11-14H2,1-3H3,(H,23,25). The predicted molar refractivity (Wildman–Crippen MR) is 108 cm³/mol. The SMILES string of the molecule is Cc1ccc(OCC(=O)NCC2CN(c3cc(C)cc(C)c3)C(=O)CO2)cc1. The number of morpholine rings is 1. The molecule has 0 aromatic heterocycles. The second kappa shape index (κ2) is 8.89. The fourth-order valence-corrected chi connectivity index (χ4v) is 3.17. The molecule has 3 rings (SSSR count). The molecule has 2 aromatic rings. The van der Waals surface area contributed by atoms with Gasteiger partial charge in [0.05, 0.1) is 12.6 Å². The number of ether oxygens (including phenoxy) is 2. The van der Waals surface area contributed by atoms with E-state index < -0.39 is 0 Å². The second-order valence-electron chi connectivity index (χ2n) is 7.19. The summed E-state index contributed by atoms with van der Waals surface area (Å²) in [6.45, 7) is 6.68. The molecule has 1 aliphatic heterocycles. The van der Waals surface area contributed by atoms with Gasteiger partial charge in [-0.25, -0.2) is 0 Å². The molecular weight excluding hydrogens is 356 g/mol. The summed E-state index contributed by atoms with van der Waals surface area (Å²) in [7, 11) is 0. The lowest BCUT2D eigenvalue weighted by molar-refractivity contribution is -0.130. The number of nitrogens with zero attached hydrogens (tertiary/aromatic N) is 1. The van der Waals surface area contributed by atoms with Crippen LogP contribution in [0.5, 0.6) is 5.75 Å². The first-order valence-corrected chi connectivity index (χ1v) is 9.37. The van der Waals surface area contributed by atoms with Crippen LogP contribution in [0.15, 0.2) is 42.5 Å². The van der Waals surface area contributed by atoms with Crippen molar-refractivity contribution in [1.82, 2.24) is 5.32 Å². The largest absolute Gasteiger partial charge is 0.484 e. The Kier molecular flexibility index (Phi) is 6.31. The lowest BCUT2D eigenvalue weighted by atomic mass is 10.1. The Labute approximate surface area is 165 Å². The topological polar surface area (TPSA) is 67.9 Å². The van der Waals surface area contributed by atoms with Gasteiger partial charge in [0.2, 0.25) is 0 Å². The number of hydrogen-bond donors (Lipinski definition) is 1. The Morgan fingerprint density at radius 3 is 2.46 bits per heavy atom. The summed E-state index contributed by atoms with van der Waals surface area (Å²) in [5.41, 5.74) is 4.21. The first-order valence-electron chi connectivity index (χ1n) is 9.37. The fourth-order valence-electron chi connectivity index (χ4n) is 3.17. The van der Waals surface area contributed by atoms with E-state index in [1.165, 1.54) is 0 Å². The molecule has 0 radical (unpaired) electrons. The molecule has 2 amide bonds. The van der Waals surface area contributed by atoms with E-state index in [2.05, 4.69) is 11.4 Å². The zero-order valence-electron chi connectivity index (χ0n) is 16.5. The molecule has 6 nitrogen and oxygen atoms in total. The van der Waals surface area contributed by atoms with Gasteiger partial charge in [0, 0.05) is 12.2 Å². The highest BCUT2D eigenvalue weighted by atomic mass is 16.5. The Balaban J connectivity index is 1.51. The van der Waals surface area contributed by atoms with Crippen LogP contribution in [0.25, 0.3) is 0 Å². The van der Waals surface area contributed by atoms with E-state index >= 15 is 0 Å². The van der Waals surface area contributed by atoms with Crippen LogP contribution in [0, 0.1) is 20.8 Å². The monoisotopic (exact) mass is 382 g/mol. The molecule has 0 aliphatic carbocycles. The number of rotatable bonds is 6. The average molecular weight is 382 g/mol. The van der Waals surface area contributed by atoms with Gasteiger partial charge in [-0.3, -0.25) is 9.59 Å². The van der Waals surface area contributed by atoms with Crippen molar-refractivity contribution in [3.8, 4) is 5.75 Å². The number of hydrogen-bond acceptors (Lipinski definition) is 4. The summed E-state index contributed by atoms with van der Waals surface area (Å²) in [6.07, 6.45) is -0.262. The lowest BCUT2D eigenvalue weighted by Crippen LogP contribution is -2.51. The highest BCUT2D eigenvalue weighted by Crippen LogP contribution is 2.22. The number of nitrogens with one attached hydrogen (secondary N) is 1. The number of aryl methyl sites for hydroxylation is 3. The van der Waals surface area contributed by atoms with Crippen LogP contribution >= 0.6 is 0 Å². The molecule has 1 unspecified atom stereocenters. The lowest BCUT2D eigenvalue weighted by Gasteiger charge is -2.33. The van der Waals surface area contributed by atoms with Crippen molar-refractivity contribution in [3.63, 3.8) is 0 Å². The second-order valence-corrected chi connectivity index (χ2v) is 7.19. The van der Waals surface area contributed by atoms with Crippen LogP contribution in [-0.2, 0) is 14.3 Å². The Morgan fingerprint density at radius 1 is 1.11 bits per heavy atom. The van der Waals surface area contributed by atoms with Gasteiger partial charge >= 0.3 is 0 Å². The van der Waals surface area contributed by atoms with Crippen molar-refractivity contribution in [2.75, 3.05) is 31.2 Å². The van der Waals surface area contributed by atoms with E-state index in [-0.39, 0.29) is 31.1 Å². The maximum absolute atomic E-state index is 12.3. The minimum atomic E-state index is -0.262. The van der Waals surface area contributed by atoms with Crippen molar-refractivity contribution in [2.45, 2.75) is 26.9 Å². The highest BCUT2D eigenvalue weighted by molar-refractivity contribution is 5.95. The smallest absolute Gasteiger partial charge is 0.258 e. The van der Waals surface area contributed by atoms with Gasteiger partial charge in [-0.2, -0.15) is 0 Å². The molecule has 1 aliphatic rings. The van der Waals surface area contributed by atoms with Crippen molar-refractivity contribution < 1.29 is 19.1 Å². The Hall–Kier alpha value is -2.86. The molecule has 1 N–H and O–H groups in total. The normalized spacial score (nSPS) is 16.8. The fraction of sp³-hybridized carbons (Fsp3) is 0.364. The van der Waals surface area contributed by atoms with E-state index in [4.69, 9.17) is 9.47 Å². The number of carbonyl (C=O) groups is 2. The minimum absolute atomic E-state index is 0.00733. The van der Waals surface area contributed by atoms with Crippen LogP contribution in [0.4, 0.5) is 5.69 Å². The molecule has 1 atom stereocenters. The van der Waals surface area contributed by atoms with Gasteiger partial charge in [0.25, 0.3) is 11.8 Å². The van der Waals surface area contributed by atoms with Gasteiger partial charge in [-0.1, -0.05) is 23.8 Å². The summed E-state index contributed by atoms with van der Waals surface area (Å²) in [4.78, 5) is 26.1. The maximum atomic E-state index is 12.3. The summed E-state index contributed by atoms with van der Waals surface area (Å²) >= 11 is 0. The van der Waals surface area contributed by atoms with Crippen LogP contribution in [0.2, 0.25) is 0 Å². The van der Waals surface area contributed by atoms with Crippen molar-refractivity contribution in [3.05, 3.63) is 59.2 Å². The molecular formula is C22H26N2O4. The molecule has 1 saturated heterocycles. The van der Waals surface area contributed by atoms with Gasteiger partial charge in [-0.15, -0.1) is 0 Å². The number of amides is 2. The molecule has 28 heavy (non-hydrogen) atoms. The van der Waals surface area contributed by atoms with Crippen molar-refractivity contribution >= 4 is 17.5 Å². The van der Waals surface area contributed by atoms with Crippen molar-refractivity contribution in [2.24, 2.45) is 0 Å². The minimum Gasteiger partial charge on any atom is -0.484 e. The summed E-state index contributed by atoms with van der Waals surface area (Å²) in [6, 6.07) is 13.6. The zero-order chi connectivity index (χ0) is 20.1. The first-order chi connectivity index (χ1) is 13.4. The van der Waals surface area contributed by atoms with E-state index in [0.717, 1.165) is 22.4 Å². The average Bonchev–Trinajstić information content (AvgIpc) is 2.66. The third-order valence-electron chi connectivity index (χ3n) is 4.57. The predicted octanol–water partition coefficient (Wildman–Crippen LogP) is 2.54. The van der Waals surface area contributed by atoms with Gasteiger partial charge < -0.3 is 19.7 Å². The highest BCUT2D eigenvalue weighted by Gasteiger charge is 2.28. The number of benzene rings is 2. The molecule has 148 valence electrons. The maximum Gasteiger partial charge on any atom is 0.258 e. The van der Waals surface area contributed by atoms with Gasteiger partial charge in [0.15, 0.2) is 6.61 Å². The molecule has 0 saturated carbocycles. The molecule has 0 spiro atoms. The summed E-state index contributed by atoms with van der Waals surface area (Å²) in [5.74, 6) is 0.357. The Bertz CT molecular complexity index is 828. The van der Waals surface area contributed by atoms with Crippen LogP contribution in [-0.4, -0.2) is 44.2 Å². The van der Waals surface area contributed by atoms with Crippen LogP contribution in [0.3, 0.4) is 0 Å². The van der Waals surface area contributed by atoms with Crippen molar-refractivity contribution in [1.29, 1.82) is 0 Å². The van der Waals surface area contributed by atoms with E-state index in [0.29, 0.717) is 18.8 Å². The molecule has 2 aromatic carbocycles. The van der Waals surface area contributed by atoms with Crippen LogP contribution in [0.1, 0.15) is 16.7 Å². The van der Waals surface area contributed by atoms with E-state index in [9.17, 15) is 9.59 Å². The first kappa shape index (κ1) is 19.9. The molecule has 6 heteroatoms. The summed E-state index contributed by atoms with van der Waals surface area (Å²) < 4.78 is 11.1. The zero-order valence-corrected chi connectivity index (χ0v) is 16.5. The van der Waals surface area contributed by atoms with Gasteiger partial charge in [0.1, 0.15) is 12.4 Å².